The number of pyridine rings is 1. The molecule has 0 radical (unpaired) electrons. The van der Waals surface area contributed by atoms with Crippen molar-refractivity contribution in [1.29, 1.82) is 0 Å². The lowest BCUT2D eigenvalue weighted by molar-refractivity contribution is 0.211. The Labute approximate surface area is 138 Å². The first-order chi connectivity index (χ1) is 11.1. The predicted octanol–water partition coefficient (Wildman–Crippen LogP) is 1.96. The van der Waals surface area contributed by atoms with Crippen LogP contribution >= 0.6 is 0 Å². The Morgan fingerprint density at radius 1 is 1.13 bits per heavy atom. The summed E-state index contributed by atoms with van der Waals surface area (Å²) >= 11 is 0. The van der Waals surface area contributed by atoms with Crippen LogP contribution in [0, 0.1) is 6.92 Å². The van der Waals surface area contributed by atoms with Gasteiger partial charge in [0.2, 0.25) is 0 Å². The van der Waals surface area contributed by atoms with Gasteiger partial charge in [0, 0.05) is 25.8 Å². The molecule has 0 spiro atoms. The fourth-order valence-corrected chi connectivity index (χ4v) is 4.95. The summed E-state index contributed by atoms with van der Waals surface area (Å²) in [5, 5.41) is 0. The molecule has 2 aliphatic heterocycles. The Morgan fingerprint density at radius 3 is 2.57 bits per heavy atom. The van der Waals surface area contributed by atoms with Crippen LogP contribution in [0.3, 0.4) is 0 Å². The first-order valence-corrected chi connectivity index (χ1v) is 9.80. The highest BCUT2D eigenvalue weighted by atomic mass is 32.2. The van der Waals surface area contributed by atoms with Crippen molar-refractivity contribution in [2.24, 2.45) is 0 Å². The molecule has 2 fully saturated rings. The average Bonchev–Trinajstić information content (AvgIpc) is 2.83. The Balaban J connectivity index is 1.63. The van der Waals surface area contributed by atoms with E-state index in [0.29, 0.717) is 26.2 Å². The first-order valence-electron chi connectivity index (χ1n) is 8.41. The fraction of sp³-hybridized carbons (Fsp3) is 0.688. The summed E-state index contributed by atoms with van der Waals surface area (Å²) < 4.78 is 34.8. The molecule has 3 rings (SSSR count). The summed E-state index contributed by atoms with van der Waals surface area (Å²) in [5.41, 5.74) is 0.835. The number of aryl methyl sites for hydroxylation is 1. The van der Waals surface area contributed by atoms with Gasteiger partial charge in [-0.1, -0.05) is 12.8 Å². The molecular formula is C16H25N3O3S. The Bertz CT molecular complexity index is 627. The van der Waals surface area contributed by atoms with E-state index >= 15 is 0 Å². The van der Waals surface area contributed by atoms with E-state index in [0.717, 1.165) is 43.5 Å². The Kier molecular flexibility index (Phi) is 5.18. The van der Waals surface area contributed by atoms with Gasteiger partial charge in [-0.3, -0.25) is 4.98 Å². The number of hydrogen-bond acceptors (Lipinski definition) is 4. The van der Waals surface area contributed by atoms with E-state index < -0.39 is 10.2 Å². The van der Waals surface area contributed by atoms with Gasteiger partial charge < -0.3 is 4.74 Å². The number of ether oxygens (including phenoxy) is 1. The quantitative estimate of drug-likeness (QED) is 0.841. The highest BCUT2D eigenvalue weighted by Gasteiger charge is 2.36. The minimum Gasteiger partial charge on any atom is -0.487 e. The van der Waals surface area contributed by atoms with Gasteiger partial charge in [0.15, 0.2) is 0 Å². The second kappa shape index (κ2) is 7.15. The molecule has 7 heteroatoms. The lowest BCUT2D eigenvalue weighted by atomic mass is 10.2. The summed E-state index contributed by atoms with van der Waals surface area (Å²) in [4.78, 5) is 4.21. The van der Waals surface area contributed by atoms with Crippen molar-refractivity contribution in [3.05, 3.63) is 24.0 Å². The molecule has 0 amide bonds. The van der Waals surface area contributed by atoms with Crippen LogP contribution in [-0.4, -0.2) is 54.3 Å². The summed E-state index contributed by atoms with van der Waals surface area (Å²) in [6.07, 6.45) is 6.52. The summed E-state index contributed by atoms with van der Waals surface area (Å²) in [5.74, 6) is 0.742. The van der Waals surface area contributed by atoms with E-state index in [1.165, 1.54) is 0 Å². The van der Waals surface area contributed by atoms with Crippen LogP contribution in [0.25, 0.3) is 0 Å². The van der Waals surface area contributed by atoms with E-state index in [9.17, 15) is 8.42 Å². The maximum atomic E-state index is 12.8. The zero-order chi connectivity index (χ0) is 16.3. The van der Waals surface area contributed by atoms with Crippen LogP contribution in [0.4, 0.5) is 0 Å². The molecule has 2 saturated heterocycles. The van der Waals surface area contributed by atoms with Crippen molar-refractivity contribution >= 4 is 10.2 Å². The lowest BCUT2D eigenvalue weighted by Gasteiger charge is -2.26. The highest BCUT2D eigenvalue weighted by Crippen LogP contribution is 2.24. The second-order valence-corrected chi connectivity index (χ2v) is 8.22. The van der Waals surface area contributed by atoms with Gasteiger partial charge in [-0.15, -0.1) is 0 Å². The van der Waals surface area contributed by atoms with Crippen molar-refractivity contribution in [2.45, 2.75) is 45.1 Å². The van der Waals surface area contributed by atoms with Crippen molar-refractivity contribution in [1.82, 2.24) is 13.6 Å². The number of rotatable bonds is 4. The van der Waals surface area contributed by atoms with E-state index in [1.807, 2.05) is 19.1 Å². The molecule has 1 atom stereocenters. The highest BCUT2D eigenvalue weighted by molar-refractivity contribution is 7.86. The predicted molar refractivity (Wildman–Crippen MR) is 88.5 cm³/mol. The van der Waals surface area contributed by atoms with Gasteiger partial charge in [-0.2, -0.15) is 17.0 Å². The second-order valence-electron chi connectivity index (χ2n) is 6.29. The van der Waals surface area contributed by atoms with Gasteiger partial charge in [0.05, 0.1) is 12.2 Å². The number of hydrogen-bond donors (Lipinski definition) is 0. The molecule has 0 aromatic carbocycles. The average molecular weight is 339 g/mol. The summed E-state index contributed by atoms with van der Waals surface area (Å²) in [6, 6.07) is 3.72. The molecular weight excluding hydrogens is 314 g/mol. The lowest BCUT2D eigenvalue weighted by Crippen LogP contribution is -2.43. The molecule has 0 saturated carbocycles. The molecule has 0 bridgehead atoms. The number of nitrogens with zero attached hydrogens (tertiary/aromatic N) is 3. The summed E-state index contributed by atoms with van der Waals surface area (Å²) in [7, 11) is -3.35. The van der Waals surface area contributed by atoms with Gasteiger partial charge in [-0.25, -0.2) is 0 Å². The zero-order valence-electron chi connectivity index (χ0n) is 13.6. The standard InChI is InChI=1S/C16H25N3O3S/c1-14-16(7-6-9-17-14)22-15-8-12-19(13-15)23(20,21)18-10-4-2-3-5-11-18/h6-7,9,15H,2-5,8,10-13H2,1H3/t15-/m1/s1. The summed E-state index contributed by atoms with van der Waals surface area (Å²) in [6.45, 7) is 4.14. The zero-order valence-corrected chi connectivity index (χ0v) is 14.5. The minimum atomic E-state index is -3.35. The van der Waals surface area contributed by atoms with Crippen LogP contribution in [0.1, 0.15) is 37.8 Å². The molecule has 1 aromatic rings. The van der Waals surface area contributed by atoms with Crippen molar-refractivity contribution in [3.63, 3.8) is 0 Å². The van der Waals surface area contributed by atoms with Crippen molar-refractivity contribution < 1.29 is 13.2 Å². The van der Waals surface area contributed by atoms with Crippen LogP contribution in [0.5, 0.6) is 5.75 Å². The van der Waals surface area contributed by atoms with Crippen molar-refractivity contribution in [3.8, 4) is 5.75 Å². The molecule has 6 nitrogen and oxygen atoms in total. The largest absolute Gasteiger partial charge is 0.487 e. The Hall–Kier alpha value is -1.18. The maximum absolute atomic E-state index is 12.8. The van der Waals surface area contributed by atoms with Crippen LogP contribution in [0.15, 0.2) is 18.3 Å². The third-order valence-corrected chi connectivity index (χ3v) is 6.58. The van der Waals surface area contributed by atoms with Gasteiger partial charge in [0.25, 0.3) is 10.2 Å². The van der Waals surface area contributed by atoms with Crippen LogP contribution in [0.2, 0.25) is 0 Å². The number of aromatic nitrogens is 1. The van der Waals surface area contributed by atoms with E-state index in [2.05, 4.69) is 4.98 Å². The van der Waals surface area contributed by atoms with E-state index in [4.69, 9.17) is 4.74 Å². The molecule has 0 unspecified atom stereocenters. The molecule has 1 aromatic heterocycles. The minimum absolute atomic E-state index is 0.0975. The van der Waals surface area contributed by atoms with E-state index in [-0.39, 0.29) is 6.10 Å². The molecule has 3 heterocycles. The van der Waals surface area contributed by atoms with Crippen molar-refractivity contribution in [2.75, 3.05) is 26.2 Å². The Morgan fingerprint density at radius 2 is 1.87 bits per heavy atom. The molecule has 128 valence electrons. The van der Waals surface area contributed by atoms with E-state index in [1.54, 1.807) is 14.8 Å². The maximum Gasteiger partial charge on any atom is 0.282 e. The van der Waals surface area contributed by atoms with Gasteiger partial charge >= 0.3 is 0 Å². The first kappa shape index (κ1) is 16.7. The topological polar surface area (TPSA) is 62.7 Å². The fourth-order valence-electron chi connectivity index (χ4n) is 3.21. The molecule has 23 heavy (non-hydrogen) atoms. The van der Waals surface area contributed by atoms with Crippen LogP contribution < -0.4 is 4.74 Å². The monoisotopic (exact) mass is 339 g/mol. The van der Waals surface area contributed by atoms with Gasteiger partial charge in [-0.05, 0) is 38.3 Å². The smallest absolute Gasteiger partial charge is 0.282 e. The third-order valence-electron chi connectivity index (χ3n) is 4.58. The molecule has 0 aliphatic carbocycles. The van der Waals surface area contributed by atoms with Crippen LogP contribution in [-0.2, 0) is 10.2 Å². The van der Waals surface area contributed by atoms with Gasteiger partial charge in [0.1, 0.15) is 11.9 Å². The molecule has 0 N–H and O–H groups in total. The SMILES string of the molecule is Cc1ncccc1O[C@@H]1CCN(S(=O)(=O)N2CCCCCC2)C1. The normalized spacial score (nSPS) is 24.5. The third kappa shape index (κ3) is 3.84. The molecule has 2 aliphatic rings.